The lowest BCUT2D eigenvalue weighted by Gasteiger charge is -2.28. The number of benzene rings is 10. The lowest BCUT2D eigenvalue weighted by Crippen LogP contribution is -2.16. The van der Waals surface area contributed by atoms with Gasteiger partial charge in [-0.1, -0.05) is 179 Å². The van der Waals surface area contributed by atoms with E-state index in [4.69, 9.17) is 0 Å². The summed E-state index contributed by atoms with van der Waals surface area (Å²) in [6.45, 7) is 4.71. The quantitative estimate of drug-likeness (QED) is 0.162. The number of para-hydroxylation sites is 1. The van der Waals surface area contributed by atoms with E-state index in [0.717, 1.165) is 22.7 Å². The van der Waals surface area contributed by atoms with Crippen molar-refractivity contribution in [1.82, 2.24) is 4.57 Å². The van der Waals surface area contributed by atoms with Crippen molar-refractivity contribution in [2.45, 2.75) is 26.7 Å². The molecule has 0 saturated carbocycles. The topological polar surface area (TPSA) is 8.17 Å². The smallest absolute Gasteiger partial charge is 0.0726 e. The average molecular weight is 851 g/mol. The fourth-order valence-corrected chi connectivity index (χ4v) is 12.0. The summed E-state index contributed by atoms with van der Waals surface area (Å²) in [5, 5.41) is 7.89. The zero-order valence-electron chi connectivity index (χ0n) is 35.6. The number of hydrogen-bond acceptors (Lipinski definition) is 2. The van der Waals surface area contributed by atoms with Crippen LogP contribution in [0.4, 0.5) is 17.1 Å². The molecule has 12 aromatic rings. The Labute approximate surface area is 383 Å². The molecule has 13 rings (SSSR count). The Morgan fingerprint density at radius 3 is 1.62 bits per heavy atom. The van der Waals surface area contributed by atoms with Gasteiger partial charge in [-0.2, -0.15) is 0 Å². The van der Waals surface area contributed by atoms with Gasteiger partial charge in [-0.3, -0.25) is 0 Å². The van der Waals surface area contributed by atoms with Gasteiger partial charge in [0.25, 0.3) is 0 Å². The molecule has 0 atom stereocenters. The molecule has 0 spiro atoms. The summed E-state index contributed by atoms with van der Waals surface area (Å²) in [5.74, 6) is 0. The van der Waals surface area contributed by atoms with Crippen LogP contribution in [0.25, 0.3) is 91.8 Å². The van der Waals surface area contributed by atoms with E-state index in [2.05, 4.69) is 242 Å². The Hall–Kier alpha value is -7.72. The van der Waals surface area contributed by atoms with Gasteiger partial charge in [0, 0.05) is 54.4 Å². The standard InChI is InChI=1S/C61H42N2S.CH4/c1-61(2)53-21-11-8-16-47(53)48-37-36-46(38-54(48)61)62(43-30-24-40(25-31-43)39-14-4-3-5-15-39)44-32-26-41(27-33-44)42-28-34-45(35-29-42)63-55-22-12-9-19-51(55)57-49-17-6-7-18-50(49)58-52-20-10-13-23-56(52)64-60(58)59(57)63;/h3-38H,1-2H3;1H4. The lowest BCUT2D eigenvalue weighted by atomic mass is 9.82. The van der Waals surface area contributed by atoms with Crippen molar-refractivity contribution in [3.63, 3.8) is 0 Å². The number of nitrogens with zero attached hydrogens (tertiary/aromatic N) is 2. The monoisotopic (exact) mass is 850 g/mol. The van der Waals surface area contributed by atoms with Crippen LogP contribution in [0.15, 0.2) is 218 Å². The van der Waals surface area contributed by atoms with Crippen molar-refractivity contribution in [3.8, 4) is 39.1 Å². The van der Waals surface area contributed by atoms with E-state index < -0.39 is 0 Å². The van der Waals surface area contributed by atoms with E-state index in [-0.39, 0.29) is 12.8 Å². The number of anilines is 3. The van der Waals surface area contributed by atoms with Crippen LogP contribution in [0.2, 0.25) is 0 Å². The minimum atomic E-state index is -0.0995. The summed E-state index contributed by atoms with van der Waals surface area (Å²) in [6, 6.07) is 80.5. The summed E-state index contributed by atoms with van der Waals surface area (Å²) < 4.78 is 5.15. The van der Waals surface area contributed by atoms with Crippen LogP contribution in [0.1, 0.15) is 32.4 Å². The number of rotatable bonds is 6. The molecule has 2 aromatic heterocycles. The van der Waals surface area contributed by atoms with Crippen LogP contribution in [-0.4, -0.2) is 4.57 Å². The first-order chi connectivity index (χ1) is 31.5. The Morgan fingerprint density at radius 2 is 0.923 bits per heavy atom. The Balaban J connectivity index is 0.00000444. The maximum atomic E-state index is 2.50. The molecule has 10 aromatic carbocycles. The molecule has 0 fully saturated rings. The average Bonchev–Trinajstić information content (AvgIpc) is 3.99. The molecule has 1 aliphatic rings. The molecule has 2 heterocycles. The highest BCUT2D eigenvalue weighted by Crippen LogP contribution is 2.51. The zero-order chi connectivity index (χ0) is 42.5. The third kappa shape index (κ3) is 5.93. The van der Waals surface area contributed by atoms with Gasteiger partial charge < -0.3 is 9.47 Å². The fourth-order valence-electron chi connectivity index (χ4n) is 10.7. The highest BCUT2D eigenvalue weighted by atomic mass is 32.1. The van der Waals surface area contributed by atoms with Crippen molar-refractivity contribution in [1.29, 1.82) is 0 Å². The molecule has 0 bridgehead atoms. The third-order valence-corrected chi connectivity index (χ3v) is 15.0. The predicted molar refractivity (Wildman–Crippen MR) is 281 cm³/mol. The summed E-state index contributed by atoms with van der Waals surface area (Å²) >= 11 is 1.91. The largest absolute Gasteiger partial charge is 0.310 e. The van der Waals surface area contributed by atoms with Crippen molar-refractivity contribution in [3.05, 3.63) is 230 Å². The van der Waals surface area contributed by atoms with Crippen LogP contribution in [0, 0.1) is 0 Å². The molecule has 0 saturated heterocycles. The summed E-state index contributed by atoms with van der Waals surface area (Å²) in [6.07, 6.45) is 0. The van der Waals surface area contributed by atoms with Crippen molar-refractivity contribution in [2.24, 2.45) is 0 Å². The summed E-state index contributed by atoms with van der Waals surface area (Å²) in [7, 11) is 0. The second kappa shape index (κ2) is 14.9. The first kappa shape index (κ1) is 38.9. The number of fused-ring (bicyclic) bond motifs is 13. The Kier molecular flexibility index (Phi) is 8.95. The highest BCUT2D eigenvalue weighted by molar-refractivity contribution is 7.27. The molecule has 310 valence electrons. The number of aromatic nitrogens is 1. The maximum Gasteiger partial charge on any atom is 0.0726 e. The molecule has 1 aliphatic carbocycles. The number of hydrogen-bond donors (Lipinski definition) is 0. The van der Waals surface area contributed by atoms with Crippen LogP contribution in [0.3, 0.4) is 0 Å². The van der Waals surface area contributed by atoms with Crippen LogP contribution < -0.4 is 4.90 Å². The number of thiophene rings is 1. The van der Waals surface area contributed by atoms with Gasteiger partial charge in [-0.25, -0.2) is 0 Å². The van der Waals surface area contributed by atoms with E-state index in [9.17, 15) is 0 Å². The van der Waals surface area contributed by atoms with Gasteiger partial charge in [0.15, 0.2) is 0 Å². The normalized spacial score (nSPS) is 12.8. The van der Waals surface area contributed by atoms with Gasteiger partial charge in [0.05, 0.1) is 15.7 Å². The predicted octanol–water partition coefficient (Wildman–Crippen LogP) is 18.1. The maximum absolute atomic E-state index is 2.50. The first-order valence-corrected chi connectivity index (χ1v) is 23.0. The van der Waals surface area contributed by atoms with Crippen molar-refractivity contribution >= 4 is 81.1 Å². The summed E-state index contributed by atoms with van der Waals surface area (Å²) in [5.41, 5.74) is 17.1. The van der Waals surface area contributed by atoms with Crippen LogP contribution >= 0.6 is 11.3 Å². The first-order valence-electron chi connectivity index (χ1n) is 22.2. The lowest BCUT2D eigenvalue weighted by molar-refractivity contribution is 0.660. The van der Waals surface area contributed by atoms with Crippen molar-refractivity contribution in [2.75, 3.05) is 4.90 Å². The summed E-state index contributed by atoms with van der Waals surface area (Å²) in [4.78, 5) is 2.40. The molecular weight excluding hydrogens is 805 g/mol. The van der Waals surface area contributed by atoms with Gasteiger partial charge in [0.1, 0.15) is 0 Å². The van der Waals surface area contributed by atoms with E-state index in [1.807, 2.05) is 11.3 Å². The molecular formula is C62H46N2S. The van der Waals surface area contributed by atoms with Gasteiger partial charge >= 0.3 is 0 Å². The van der Waals surface area contributed by atoms with E-state index in [1.165, 1.54) is 97.3 Å². The third-order valence-electron chi connectivity index (χ3n) is 13.8. The molecule has 3 heteroatoms. The molecule has 2 nitrogen and oxygen atoms in total. The van der Waals surface area contributed by atoms with Gasteiger partial charge in [-0.15, -0.1) is 11.3 Å². The Bertz CT molecular complexity index is 3780. The SMILES string of the molecule is C.CC1(C)c2ccccc2-c2ccc(N(c3ccc(-c4ccccc4)cc3)c3ccc(-c4ccc(-n5c6ccccc6c6c7ccccc7c7c8ccccc8sc7c65)cc4)cc3)cc21. The second-order valence-corrected chi connectivity index (χ2v) is 18.7. The minimum Gasteiger partial charge on any atom is -0.310 e. The molecule has 65 heavy (non-hydrogen) atoms. The molecule has 0 aliphatic heterocycles. The van der Waals surface area contributed by atoms with Crippen LogP contribution in [-0.2, 0) is 5.41 Å². The molecule has 0 unspecified atom stereocenters. The van der Waals surface area contributed by atoms with E-state index in [0.29, 0.717) is 0 Å². The van der Waals surface area contributed by atoms with E-state index >= 15 is 0 Å². The van der Waals surface area contributed by atoms with Crippen molar-refractivity contribution < 1.29 is 0 Å². The van der Waals surface area contributed by atoms with Gasteiger partial charge in [0.2, 0.25) is 0 Å². The molecule has 0 radical (unpaired) electrons. The van der Waals surface area contributed by atoms with Crippen LogP contribution in [0.5, 0.6) is 0 Å². The Morgan fingerprint density at radius 1 is 0.415 bits per heavy atom. The molecule has 0 N–H and O–H groups in total. The van der Waals surface area contributed by atoms with Gasteiger partial charge in [-0.05, 0) is 116 Å². The fraction of sp³-hybridized carbons (Fsp3) is 0.0645. The second-order valence-electron chi connectivity index (χ2n) is 17.7. The zero-order valence-corrected chi connectivity index (χ0v) is 36.4. The minimum absolute atomic E-state index is 0. The van der Waals surface area contributed by atoms with E-state index in [1.54, 1.807) is 0 Å². The molecule has 0 amide bonds. The highest BCUT2D eigenvalue weighted by Gasteiger charge is 2.35.